The van der Waals surface area contributed by atoms with Crippen LogP contribution in [0.4, 0.5) is 0 Å². The van der Waals surface area contributed by atoms with E-state index < -0.39 is 0 Å². The fraction of sp³-hybridized carbons (Fsp3) is 0.786. The molecule has 3 heteroatoms. The summed E-state index contributed by atoms with van der Waals surface area (Å²) in [5.41, 5.74) is 2.52. The van der Waals surface area contributed by atoms with Gasteiger partial charge in [-0.05, 0) is 44.6 Å². The average Bonchev–Trinajstić information content (AvgIpc) is 2.67. The average molecular weight is 257 g/mol. The predicted octanol–water partition coefficient (Wildman–Crippen LogP) is 4.05. The standard InChI is InChI=1S/C14H25ClN2/c1-5-13-10-14(17(6-2)16-13)8-7-12(15)9-11(3)4/h10-12H,5-9H2,1-4H3. The first-order chi connectivity index (χ1) is 8.06. The lowest BCUT2D eigenvalue weighted by Crippen LogP contribution is -2.08. The Labute approximate surface area is 110 Å². The molecule has 0 aliphatic rings. The third-order valence-electron chi connectivity index (χ3n) is 3.02. The highest BCUT2D eigenvalue weighted by Gasteiger charge is 2.10. The van der Waals surface area contributed by atoms with Crippen LogP contribution in [0.25, 0.3) is 0 Å². The summed E-state index contributed by atoms with van der Waals surface area (Å²) in [5.74, 6) is 0.680. The molecule has 0 amide bonds. The molecule has 1 aromatic rings. The zero-order chi connectivity index (χ0) is 12.8. The molecule has 1 rings (SSSR count). The van der Waals surface area contributed by atoms with Gasteiger partial charge in [0, 0.05) is 17.6 Å². The van der Waals surface area contributed by atoms with Crippen LogP contribution in [0.3, 0.4) is 0 Å². The van der Waals surface area contributed by atoms with E-state index in [1.165, 1.54) is 11.4 Å². The van der Waals surface area contributed by atoms with Crippen molar-refractivity contribution in [2.24, 2.45) is 5.92 Å². The van der Waals surface area contributed by atoms with Crippen LogP contribution in [0.1, 0.15) is 51.9 Å². The van der Waals surface area contributed by atoms with Gasteiger partial charge in [-0.2, -0.15) is 5.10 Å². The minimum Gasteiger partial charge on any atom is -0.270 e. The molecule has 1 unspecified atom stereocenters. The number of nitrogens with zero attached hydrogens (tertiary/aromatic N) is 2. The third kappa shape index (κ3) is 4.71. The molecule has 17 heavy (non-hydrogen) atoms. The van der Waals surface area contributed by atoms with Gasteiger partial charge in [0.1, 0.15) is 0 Å². The van der Waals surface area contributed by atoms with E-state index in [0.717, 1.165) is 32.2 Å². The van der Waals surface area contributed by atoms with Crippen molar-refractivity contribution in [3.63, 3.8) is 0 Å². The number of halogens is 1. The Morgan fingerprint density at radius 3 is 2.59 bits per heavy atom. The van der Waals surface area contributed by atoms with Crippen LogP contribution in [0.2, 0.25) is 0 Å². The molecular formula is C14H25ClN2. The van der Waals surface area contributed by atoms with Crippen molar-refractivity contribution in [1.29, 1.82) is 0 Å². The Morgan fingerprint density at radius 1 is 1.35 bits per heavy atom. The van der Waals surface area contributed by atoms with E-state index in [4.69, 9.17) is 11.6 Å². The van der Waals surface area contributed by atoms with E-state index in [9.17, 15) is 0 Å². The van der Waals surface area contributed by atoms with Crippen molar-refractivity contribution in [3.05, 3.63) is 17.5 Å². The van der Waals surface area contributed by atoms with E-state index in [2.05, 4.69) is 43.5 Å². The maximum atomic E-state index is 6.33. The van der Waals surface area contributed by atoms with Crippen LogP contribution >= 0.6 is 11.6 Å². The van der Waals surface area contributed by atoms with Gasteiger partial charge in [-0.25, -0.2) is 0 Å². The van der Waals surface area contributed by atoms with Gasteiger partial charge >= 0.3 is 0 Å². The van der Waals surface area contributed by atoms with Crippen molar-refractivity contribution < 1.29 is 0 Å². The molecule has 1 heterocycles. The minimum absolute atomic E-state index is 0.292. The highest BCUT2D eigenvalue weighted by molar-refractivity contribution is 6.20. The van der Waals surface area contributed by atoms with E-state index >= 15 is 0 Å². The number of aryl methyl sites for hydroxylation is 3. The van der Waals surface area contributed by atoms with Crippen molar-refractivity contribution in [3.8, 4) is 0 Å². The maximum Gasteiger partial charge on any atom is 0.0624 e. The van der Waals surface area contributed by atoms with Crippen LogP contribution < -0.4 is 0 Å². The quantitative estimate of drug-likeness (QED) is 0.673. The molecule has 0 aromatic carbocycles. The number of rotatable bonds is 7. The van der Waals surface area contributed by atoms with Crippen LogP contribution in [-0.2, 0) is 19.4 Å². The van der Waals surface area contributed by atoms with Gasteiger partial charge in [0.25, 0.3) is 0 Å². The topological polar surface area (TPSA) is 17.8 Å². The number of aromatic nitrogens is 2. The third-order valence-corrected chi connectivity index (χ3v) is 3.41. The fourth-order valence-electron chi connectivity index (χ4n) is 2.10. The van der Waals surface area contributed by atoms with Crippen molar-refractivity contribution in [1.82, 2.24) is 9.78 Å². The number of alkyl halides is 1. The monoisotopic (exact) mass is 256 g/mol. The van der Waals surface area contributed by atoms with Gasteiger partial charge in [-0.15, -0.1) is 11.6 Å². The summed E-state index contributed by atoms with van der Waals surface area (Å²) < 4.78 is 2.11. The van der Waals surface area contributed by atoms with Crippen LogP contribution in [0, 0.1) is 5.92 Å². The minimum atomic E-state index is 0.292. The second-order valence-corrected chi connectivity index (χ2v) is 5.68. The summed E-state index contributed by atoms with van der Waals surface area (Å²) in [6.45, 7) is 9.69. The summed E-state index contributed by atoms with van der Waals surface area (Å²) in [5, 5.41) is 4.85. The molecule has 0 spiro atoms. The van der Waals surface area contributed by atoms with Gasteiger partial charge in [0.2, 0.25) is 0 Å². The Hall–Kier alpha value is -0.500. The Kier molecular flexibility index (Phi) is 6.04. The summed E-state index contributed by atoms with van der Waals surface area (Å²) in [4.78, 5) is 0. The predicted molar refractivity (Wildman–Crippen MR) is 74.7 cm³/mol. The molecule has 1 aromatic heterocycles. The highest BCUT2D eigenvalue weighted by Crippen LogP contribution is 2.17. The van der Waals surface area contributed by atoms with Gasteiger partial charge in [-0.3, -0.25) is 4.68 Å². The highest BCUT2D eigenvalue weighted by atomic mass is 35.5. The summed E-state index contributed by atoms with van der Waals surface area (Å²) in [6, 6.07) is 2.22. The molecule has 0 radical (unpaired) electrons. The molecular weight excluding hydrogens is 232 g/mol. The number of hydrogen-bond donors (Lipinski definition) is 0. The van der Waals surface area contributed by atoms with Crippen LogP contribution in [0.5, 0.6) is 0 Å². The molecule has 1 atom stereocenters. The zero-order valence-corrected chi connectivity index (χ0v) is 12.3. The van der Waals surface area contributed by atoms with Crippen molar-refractivity contribution >= 4 is 11.6 Å². The lowest BCUT2D eigenvalue weighted by atomic mass is 10.0. The Balaban J connectivity index is 2.53. The molecule has 0 saturated heterocycles. The van der Waals surface area contributed by atoms with E-state index in [1.54, 1.807) is 0 Å². The lowest BCUT2D eigenvalue weighted by molar-refractivity contribution is 0.532. The first kappa shape index (κ1) is 14.6. The second kappa shape index (κ2) is 7.05. The molecule has 0 fully saturated rings. The van der Waals surface area contributed by atoms with Crippen molar-refractivity contribution in [2.75, 3.05) is 0 Å². The van der Waals surface area contributed by atoms with E-state index in [1.807, 2.05) is 0 Å². The normalized spacial score (nSPS) is 13.3. The van der Waals surface area contributed by atoms with E-state index in [-0.39, 0.29) is 0 Å². The summed E-state index contributed by atoms with van der Waals surface area (Å²) >= 11 is 6.33. The summed E-state index contributed by atoms with van der Waals surface area (Å²) in [6.07, 6.45) is 4.20. The van der Waals surface area contributed by atoms with Gasteiger partial charge in [0.05, 0.1) is 5.69 Å². The molecule has 0 bridgehead atoms. The Bertz CT molecular complexity index is 331. The van der Waals surface area contributed by atoms with E-state index in [0.29, 0.717) is 11.3 Å². The molecule has 2 nitrogen and oxygen atoms in total. The molecule has 0 saturated carbocycles. The van der Waals surface area contributed by atoms with Crippen molar-refractivity contribution in [2.45, 2.75) is 65.3 Å². The Morgan fingerprint density at radius 2 is 2.06 bits per heavy atom. The van der Waals surface area contributed by atoms with Gasteiger partial charge in [-0.1, -0.05) is 20.8 Å². The largest absolute Gasteiger partial charge is 0.270 e. The summed E-state index contributed by atoms with van der Waals surface area (Å²) in [7, 11) is 0. The van der Waals surface area contributed by atoms with Gasteiger partial charge < -0.3 is 0 Å². The molecule has 0 aliphatic carbocycles. The first-order valence-electron chi connectivity index (χ1n) is 6.76. The van der Waals surface area contributed by atoms with Crippen LogP contribution in [0.15, 0.2) is 6.07 Å². The first-order valence-corrected chi connectivity index (χ1v) is 7.20. The number of hydrogen-bond acceptors (Lipinski definition) is 1. The SMILES string of the molecule is CCc1cc(CCC(Cl)CC(C)C)n(CC)n1. The van der Waals surface area contributed by atoms with Gasteiger partial charge in [0.15, 0.2) is 0 Å². The molecule has 0 aliphatic heterocycles. The maximum absolute atomic E-state index is 6.33. The fourth-order valence-corrected chi connectivity index (χ4v) is 2.56. The zero-order valence-electron chi connectivity index (χ0n) is 11.5. The lowest BCUT2D eigenvalue weighted by Gasteiger charge is -2.12. The molecule has 0 N–H and O–H groups in total. The second-order valence-electron chi connectivity index (χ2n) is 5.06. The molecule has 98 valence electrons. The van der Waals surface area contributed by atoms with Crippen LogP contribution in [-0.4, -0.2) is 15.2 Å². The smallest absolute Gasteiger partial charge is 0.0624 e.